The quantitative estimate of drug-likeness (QED) is 0.0279. The summed E-state index contributed by atoms with van der Waals surface area (Å²) in [6.45, 7) is 3.29. The number of carbonyl (C=O) groups excluding carboxylic acids is 2. The molecule has 3 N–H and O–H groups in total. The predicted molar refractivity (Wildman–Crippen MR) is 178 cm³/mol. The molecular formula is C34H66NO8P. The van der Waals surface area contributed by atoms with Crippen LogP contribution in [0.2, 0.25) is 0 Å². The second-order valence-electron chi connectivity index (χ2n) is 11.8. The number of rotatable bonds is 33. The van der Waals surface area contributed by atoms with Crippen LogP contribution in [0.5, 0.6) is 0 Å². The zero-order chi connectivity index (χ0) is 32.6. The van der Waals surface area contributed by atoms with Crippen LogP contribution in [-0.4, -0.2) is 54.3 Å². The van der Waals surface area contributed by atoms with Gasteiger partial charge < -0.3 is 20.1 Å². The lowest BCUT2D eigenvalue weighted by molar-refractivity contribution is -0.147. The summed E-state index contributed by atoms with van der Waals surface area (Å²) in [5, 5.41) is 12.5. The largest absolute Gasteiger partial charge is 0.472 e. The Balaban J connectivity index is 3.50. The molecule has 0 spiro atoms. The Hall–Kier alpha value is -1.25. The SMILES string of the molecule is CCCCCCCC/C=C/CCCCCCCCCCCCCC(=O)OCC(O)COP(=O)(O)OCCNC(=O)CCCC. The van der Waals surface area contributed by atoms with Gasteiger partial charge >= 0.3 is 13.8 Å². The first kappa shape index (κ1) is 42.8. The molecule has 10 heteroatoms. The minimum absolute atomic E-state index is 0.0779. The number of nitrogens with one attached hydrogen (secondary N) is 1. The van der Waals surface area contributed by atoms with Crippen molar-refractivity contribution >= 4 is 19.7 Å². The molecule has 0 aliphatic carbocycles. The summed E-state index contributed by atoms with van der Waals surface area (Å²) in [5.74, 6) is -0.551. The predicted octanol–water partition coefficient (Wildman–Crippen LogP) is 8.71. The van der Waals surface area contributed by atoms with Gasteiger partial charge in [0.25, 0.3) is 0 Å². The Bertz CT molecular complexity index is 749. The number of allylic oxidation sites excluding steroid dienone is 2. The lowest BCUT2D eigenvalue weighted by atomic mass is 10.0. The van der Waals surface area contributed by atoms with Gasteiger partial charge in [0, 0.05) is 19.4 Å². The average molecular weight is 648 g/mol. The molecule has 2 unspecified atom stereocenters. The molecule has 0 rings (SSSR count). The van der Waals surface area contributed by atoms with E-state index < -0.39 is 26.5 Å². The van der Waals surface area contributed by atoms with Crippen molar-refractivity contribution in [3.8, 4) is 0 Å². The molecule has 2 atom stereocenters. The minimum atomic E-state index is -4.38. The highest BCUT2D eigenvalue weighted by molar-refractivity contribution is 7.47. The Labute approximate surface area is 268 Å². The van der Waals surface area contributed by atoms with Gasteiger partial charge in [-0.2, -0.15) is 0 Å². The Kier molecular flexibility index (Phi) is 30.8. The summed E-state index contributed by atoms with van der Waals surface area (Å²) in [7, 11) is -4.38. The van der Waals surface area contributed by atoms with Crippen molar-refractivity contribution in [1.82, 2.24) is 5.32 Å². The maximum absolute atomic E-state index is 11.9. The van der Waals surface area contributed by atoms with E-state index in [4.69, 9.17) is 13.8 Å². The molecule has 0 aromatic heterocycles. The van der Waals surface area contributed by atoms with Crippen LogP contribution in [0.1, 0.15) is 162 Å². The van der Waals surface area contributed by atoms with Crippen LogP contribution in [0.15, 0.2) is 12.2 Å². The third-order valence-electron chi connectivity index (χ3n) is 7.45. The summed E-state index contributed by atoms with van der Waals surface area (Å²) < 4.78 is 26.4. The smallest absolute Gasteiger partial charge is 0.463 e. The molecule has 0 bridgehead atoms. The zero-order valence-electron chi connectivity index (χ0n) is 28.1. The van der Waals surface area contributed by atoms with Crippen LogP contribution in [0.4, 0.5) is 0 Å². The van der Waals surface area contributed by atoms with E-state index in [-0.39, 0.29) is 32.1 Å². The van der Waals surface area contributed by atoms with E-state index in [9.17, 15) is 24.2 Å². The highest BCUT2D eigenvalue weighted by Gasteiger charge is 2.23. The summed E-state index contributed by atoms with van der Waals surface area (Å²) in [6, 6.07) is 0. The molecule has 1 amide bonds. The Morgan fingerprint density at radius 1 is 0.682 bits per heavy atom. The van der Waals surface area contributed by atoms with Crippen molar-refractivity contribution < 1.29 is 37.9 Å². The molecule has 0 aliphatic rings. The third-order valence-corrected chi connectivity index (χ3v) is 8.43. The number of phosphoric acid groups is 1. The van der Waals surface area contributed by atoms with Gasteiger partial charge in [0.1, 0.15) is 12.7 Å². The standard InChI is InChI=1S/C34H66NO8P/c1-3-5-7-8-9-10-11-12-13-14-15-16-17-18-19-20-21-22-23-24-25-27-34(38)41-30-32(36)31-43-44(39,40)42-29-28-35-33(37)26-6-4-2/h12-13,32,36H,3-11,14-31H2,1-2H3,(H,35,37)(H,39,40)/b13-12+. The maximum atomic E-state index is 11.9. The number of esters is 1. The fourth-order valence-electron chi connectivity index (χ4n) is 4.70. The molecule has 0 saturated heterocycles. The van der Waals surface area contributed by atoms with Crippen molar-refractivity contribution in [1.29, 1.82) is 0 Å². The van der Waals surface area contributed by atoms with E-state index in [1.54, 1.807) is 0 Å². The molecule has 44 heavy (non-hydrogen) atoms. The van der Waals surface area contributed by atoms with Crippen molar-refractivity contribution in [2.24, 2.45) is 0 Å². The molecule has 0 saturated carbocycles. The molecule has 0 heterocycles. The molecule has 0 aromatic rings. The second-order valence-corrected chi connectivity index (χ2v) is 13.3. The van der Waals surface area contributed by atoms with Crippen LogP contribution < -0.4 is 5.32 Å². The number of ether oxygens (including phenoxy) is 1. The first-order valence-electron chi connectivity index (χ1n) is 17.7. The van der Waals surface area contributed by atoms with E-state index in [0.717, 1.165) is 32.1 Å². The van der Waals surface area contributed by atoms with Crippen LogP contribution in [-0.2, 0) is 27.9 Å². The van der Waals surface area contributed by atoms with E-state index in [1.807, 2.05) is 6.92 Å². The topological polar surface area (TPSA) is 131 Å². The van der Waals surface area contributed by atoms with Gasteiger partial charge in [-0.25, -0.2) is 4.57 Å². The average Bonchev–Trinajstić information content (AvgIpc) is 3.00. The van der Waals surface area contributed by atoms with E-state index >= 15 is 0 Å². The molecule has 0 aliphatic heterocycles. The van der Waals surface area contributed by atoms with Crippen LogP contribution >= 0.6 is 7.82 Å². The second kappa shape index (κ2) is 31.7. The van der Waals surface area contributed by atoms with E-state index in [2.05, 4.69) is 24.4 Å². The number of unbranched alkanes of at least 4 members (excludes halogenated alkanes) is 18. The summed E-state index contributed by atoms with van der Waals surface area (Å²) >= 11 is 0. The molecule has 0 radical (unpaired) electrons. The number of hydrogen-bond acceptors (Lipinski definition) is 7. The van der Waals surface area contributed by atoms with Gasteiger partial charge in [0.15, 0.2) is 0 Å². The first-order chi connectivity index (χ1) is 21.3. The summed E-state index contributed by atoms with van der Waals surface area (Å²) in [6.07, 6.45) is 29.7. The highest BCUT2D eigenvalue weighted by Crippen LogP contribution is 2.42. The molecule has 9 nitrogen and oxygen atoms in total. The zero-order valence-corrected chi connectivity index (χ0v) is 29.0. The maximum Gasteiger partial charge on any atom is 0.472 e. The number of aliphatic hydroxyl groups is 1. The Morgan fingerprint density at radius 3 is 1.73 bits per heavy atom. The summed E-state index contributed by atoms with van der Waals surface area (Å²) in [5.41, 5.74) is 0. The highest BCUT2D eigenvalue weighted by atomic mass is 31.2. The summed E-state index contributed by atoms with van der Waals surface area (Å²) in [4.78, 5) is 33.1. The fourth-order valence-corrected chi connectivity index (χ4v) is 5.46. The van der Waals surface area contributed by atoms with Gasteiger partial charge in [-0.05, 0) is 38.5 Å². The number of amides is 1. The Morgan fingerprint density at radius 2 is 1.18 bits per heavy atom. The first-order valence-corrected chi connectivity index (χ1v) is 19.2. The van der Waals surface area contributed by atoms with Crippen LogP contribution in [0.25, 0.3) is 0 Å². The number of phosphoric ester groups is 1. The number of hydrogen-bond donors (Lipinski definition) is 3. The van der Waals surface area contributed by atoms with Gasteiger partial charge in [-0.15, -0.1) is 0 Å². The lowest BCUT2D eigenvalue weighted by Crippen LogP contribution is -2.27. The minimum Gasteiger partial charge on any atom is -0.463 e. The van der Waals surface area contributed by atoms with E-state index in [1.165, 1.54) is 103 Å². The van der Waals surface area contributed by atoms with Crippen LogP contribution in [0.3, 0.4) is 0 Å². The van der Waals surface area contributed by atoms with E-state index in [0.29, 0.717) is 6.42 Å². The molecular weight excluding hydrogens is 581 g/mol. The molecule has 0 aromatic carbocycles. The normalized spacial score (nSPS) is 13.6. The number of aliphatic hydroxyl groups excluding tert-OH is 1. The van der Waals surface area contributed by atoms with Crippen LogP contribution in [0, 0.1) is 0 Å². The van der Waals surface area contributed by atoms with Crippen molar-refractivity contribution in [2.45, 2.75) is 168 Å². The van der Waals surface area contributed by atoms with Crippen molar-refractivity contribution in [2.75, 3.05) is 26.4 Å². The fraction of sp³-hybridized carbons (Fsp3) is 0.882. The monoisotopic (exact) mass is 647 g/mol. The molecule has 260 valence electrons. The van der Waals surface area contributed by atoms with Gasteiger partial charge in [-0.3, -0.25) is 18.6 Å². The van der Waals surface area contributed by atoms with Gasteiger partial charge in [0.2, 0.25) is 5.91 Å². The van der Waals surface area contributed by atoms with Crippen molar-refractivity contribution in [3.05, 3.63) is 12.2 Å². The lowest BCUT2D eigenvalue weighted by Gasteiger charge is -2.15. The number of carbonyl (C=O) groups is 2. The van der Waals surface area contributed by atoms with Crippen molar-refractivity contribution in [3.63, 3.8) is 0 Å². The van der Waals surface area contributed by atoms with Gasteiger partial charge in [-0.1, -0.05) is 122 Å². The van der Waals surface area contributed by atoms with Gasteiger partial charge in [0.05, 0.1) is 13.2 Å². The third kappa shape index (κ3) is 32.2. The molecule has 0 fully saturated rings.